The number of nitrogens with zero attached hydrogens (tertiary/aromatic N) is 10. The molecule has 0 saturated heterocycles. The first-order valence-electron chi connectivity index (χ1n) is 32.1. The Bertz CT molecular complexity index is 3280. The van der Waals surface area contributed by atoms with E-state index in [4.69, 9.17) is 24.7 Å². The maximum Gasteiger partial charge on any atom is 0.433 e. The summed E-state index contributed by atoms with van der Waals surface area (Å²) in [6, 6.07) is 22.5. The first-order valence-corrected chi connectivity index (χ1v) is 31.0. The standard InChI is InChI=1S/C11H17N.C10H14ClN.C10H12F3N.C10H14FN.C10H15N.C8H14N2.C8H13NO.C7H12N2O/c1-8-6-7-9(2)12-10(8)11(3,4)5;1-7-8(11)5-6-9(12-7)10(2,3)4;1-9(2,3)7-5-4-6-8(14-7)10(11,12)13;1-7-8(11)5-6-9(12-7)10(2,3)4;1-8-6-5-7-9(11-8)10(2,3)4;1-8(2,3)7-5-6-10(4)9-7;1-6-5-10-7(9-6)8(2,3)4;1-5-8-6(10-9-5)7(2,3)4/h6-7H,1-5H3;5-6H,1-4H3;4-6H,1-3H3;5-6H,1-4H3;5-7H,1-4H3;5-6H,1-4H3;5H,1-4H3;1-4H3/i;;;;1D3;;;. The third kappa shape index (κ3) is 31.0. The number of pyridine rings is 5. The number of alkyl halides is 3. The first kappa shape index (κ1) is 76.8. The Kier molecular flexibility index (Phi) is 28.0. The van der Waals surface area contributed by atoms with Crippen LogP contribution in [0.2, 0.25) is 5.02 Å². The monoisotopic (exact) mass is 1290 g/mol. The molecule has 0 bridgehead atoms. The van der Waals surface area contributed by atoms with Crippen LogP contribution in [0.25, 0.3) is 0 Å². The van der Waals surface area contributed by atoms with Crippen molar-refractivity contribution in [2.24, 2.45) is 7.05 Å². The average molecular weight is 1290 g/mol. The van der Waals surface area contributed by atoms with Crippen molar-refractivity contribution in [2.75, 3.05) is 0 Å². The van der Waals surface area contributed by atoms with Crippen LogP contribution in [-0.2, 0) is 56.5 Å². The van der Waals surface area contributed by atoms with Gasteiger partial charge in [-0.1, -0.05) is 201 Å². The third-order valence-electron chi connectivity index (χ3n) is 12.8. The highest BCUT2D eigenvalue weighted by Crippen LogP contribution is 2.31. The molecule has 8 rings (SSSR count). The Hall–Kier alpha value is -6.68. The van der Waals surface area contributed by atoms with Crippen LogP contribution in [0, 0.1) is 54.2 Å². The van der Waals surface area contributed by atoms with E-state index in [1.54, 1.807) is 37.5 Å². The Morgan fingerprint density at radius 2 is 0.890 bits per heavy atom. The zero-order chi connectivity index (χ0) is 73.4. The van der Waals surface area contributed by atoms with Gasteiger partial charge in [-0.25, -0.2) is 14.4 Å². The smallest absolute Gasteiger partial charge is 0.433 e. The second-order valence-electron chi connectivity index (χ2n) is 30.8. The zero-order valence-electron chi connectivity index (χ0n) is 63.8. The Labute approximate surface area is 554 Å². The molecule has 0 amide bonds. The summed E-state index contributed by atoms with van der Waals surface area (Å²) in [6.45, 7) is 59.0. The summed E-state index contributed by atoms with van der Waals surface area (Å²) < 4.78 is 83.5. The molecule has 504 valence electrons. The second-order valence-corrected chi connectivity index (χ2v) is 31.2. The fourth-order valence-corrected chi connectivity index (χ4v) is 7.39. The van der Waals surface area contributed by atoms with E-state index in [0.717, 1.165) is 56.8 Å². The van der Waals surface area contributed by atoms with E-state index in [-0.39, 0.29) is 54.8 Å². The van der Waals surface area contributed by atoms with Crippen LogP contribution in [0.15, 0.2) is 100 Å². The van der Waals surface area contributed by atoms with Crippen molar-refractivity contribution in [3.8, 4) is 0 Å². The van der Waals surface area contributed by atoms with Crippen molar-refractivity contribution in [3.63, 3.8) is 0 Å². The number of hydrogen-bond donors (Lipinski definition) is 0. The van der Waals surface area contributed by atoms with Crippen LogP contribution in [0.3, 0.4) is 0 Å². The van der Waals surface area contributed by atoms with E-state index in [1.165, 1.54) is 23.4 Å². The van der Waals surface area contributed by atoms with E-state index in [2.05, 4.69) is 174 Å². The van der Waals surface area contributed by atoms with Gasteiger partial charge >= 0.3 is 6.18 Å². The quantitative estimate of drug-likeness (QED) is 0.134. The lowest BCUT2D eigenvalue weighted by molar-refractivity contribution is -0.141. The maximum absolute atomic E-state index is 12.8. The molecule has 0 atom stereocenters. The molecule has 0 spiro atoms. The number of rotatable bonds is 0. The fourth-order valence-electron chi connectivity index (χ4n) is 7.29. The lowest BCUT2D eigenvalue weighted by atomic mass is 9.88. The lowest BCUT2D eigenvalue weighted by Crippen LogP contribution is -2.17. The van der Waals surface area contributed by atoms with Crippen molar-refractivity contribution in [1.82, 2.24) is 49.8 Å². The van der Waals surface area contributed by atoms with E-state index in [0.29, 0.717) is 23.1 Å². The number of hydrogen-bond acceptors (Lipinski definition) is 11. The highest BCUT2D eigenvalue weighted by Gasteiger charge is 2.33. The minimum atomic E-state index is -4.36. The number of oxazole rings is 1. The van der Waals surface area contributed by atoms with Crippen molar-refractivity contribution in [2.45, 2.75) is 264 Å². The predicted octanol–water partition coefficient (Wildman–Crippen LogP) is 20.9. The molecule has 0 N–H and O–H groups in total. The zero-order valence-corrected chi connectivity index (χ0v) is 61.6. The summed E-state index contributed by atoms with van der Waals surface area (Å²) in [6.07, 6.45) is -0.706. The van der Waals surface area contributed by atoms with Gasteiger partial charge in [-0.15, -0.1) is 0 Å². The molecule has 0 aromatic carbocycles. The lowest BCUT2D eigenvalue weighted by Gasteiger charge is -2.20. The molecule has 17 heteroatoms. The minimum absolute atomic E-state index is 0.00153. The summed E-state index contributed by atoms with van der Waals surface area (Å²) in [5.74, 6) is 1.97. The van der Waals surface area contributed by atoms with E-state index >= 15 is 0 Å². The molecule has 0 aliphatic heterocycles. The Morgan fingerprint density at radius 1 is 0.429 bits per heavy atom. The molecule has 8 aromatic heterocycles. The van der Waals surface area contributed by atoms with E-state index in [1.807, 2.05) is 126 Å². The van der Waals surface area contributed by atoms with Gasteiger partial charge in [-0.3, -0.25) is 24.6 Å². The Balaban J connectivity index is 0.000000539. The van der Waals surface area contributed by atoms with E-state index < -0.39 is 18.7 Å². The summed E-state index contributed by atoms with van der Waals surface area (Å²) in [4.78, 5) is 29.2. The van der Waals surface area contributed by atoms with Gasteiger partial charge in [0, 0.05) is 101 Å². The van der Waals surface area contributed by atoms with Crippen molar-refractivity contribution >= 4 is 11.6 Å². The van der Waals surface area contributed by atoms with Crippen LogP contribution in [0.1, 0.15) is 262 Å². The second kappa shape index (κ2) is 33.2. The molecule has 8 heterocycles. The van der Waals surface area contributed by atoms with Gasteiger partial charge in [-0.2, -0.15) is 23.3 Å². The van der Waals surface area contributed by atoms with Crippen LogP contribution >= 0.6 is 11.6 Å². The molecular weight excluding hydrogens is 1170 g/mol. The molecule has 91 heavy (non-hydrogen) atoms. The van der Waals surface area contributed by atoms with Crippen LogP contribution in [-0.4, -0.2) is 49.8 Å². The van der Waals surface area contributed by atoms with E-state index in [9.17, 15) is 17.6 Å². The predicted molar refractivity (Wildman–Crippen MR) is 368 cm³/mol. The maximum atomic E-state index is 12.8. The highest BCUT2D eigenvalue weighted by atomic mass is 35.5. The fraction of sp³-hybridized carbons (Fsp3) is 0.554. The molecule has 0 saturated carbocycles. The number of aromatic nitrogens is 10. The van der Waals surface area contributed by atoms with Crippen molar-refractivity contribution < 1.29 is 30.6 Å². The molecule has 0 unspecified atom stereocenters. The van der Waals surface area contributed by atoms with Crippen LogP contribution < -0.4 is 0 Å². The molecule has 0 aliphatic rings. The van der Waals surface area contributed by atoms with Gasteiger partial charge in [0.1, 0.15) is 17.8 Å². The molecule has 12 nitrogen and oxygen atoms in total. The van der Waals surface area contributed by atoms with Gasteiger partial charge in [-0.05, 0) is 115 Å². The largest absolute Gasteiger partial charge is 0.448 e. The Morgan fingerprint density at radius 3 is 1.23 bits per heavy atom. The summed E-state index contributed by atoms with van der Waals surface area (Å²) >= 11 is 5.87. The summed E-state index contributed by atoms with van der Waals surface area (Å²) in [5, 5.41) is 8.73. The summed E-state index contributed by atoms with van der Waals surface area (Å²) in [7, 11) is 1.94. The van der Waals surface area contributed by atoms with Crippen LogP contribution in [0.5, 0.6) is 0 Å². The molecular formula is C74H111ClF4N10O2. The highest BCUT2D eigenvalue weighted by molar-refractivity contribution is 6.31. The van der Waals surface area contributed by atoms with Gasteiger partial charge < -0.3 is 8.94 Å². The normalized spacial score (nSPS) is 12.6. The number of aryl methyl sites for hydroxylation is 8. The topological polar surface area (TPSA) is 147 Å². The number of halogens is 5. The van der Waals surface area contributed by atoms with Gasteiger partial charge in [0.2, 0.25) is 5.89 Å². The summed E-state index contributed by atoms with van der Waals surface area (Å²) in [5.41, 5.74) is 9.69. The average Bonchev–Trinajstić information content (AvgIpc) is 1.45. The third-order valence-corrected chi connectivity index (χ3v) is 13.2. The van der Waals surface area contributed by atoms with Gasteiger partial charge in [0.25, 0.3) is 0 Å². The first-order chi connectivity index (χ1) is 42.1. The SMILES string of the molecule is CC(C)(C)c1cccc(C(F)(F)F)n1.Cc1ccc(C)c(C(C)(C)C)n1.Cc1coc(C(C)(C)C)n1.Cc1nc(C(C)(C)C)ccc1Cl.Cc1nc(C(C)(C)C)ccc1F.Cc1noc(C(C)(C)C)n1.Cn1ccc(C(C)(C)C)n1.[2H]C([2H])([2H])c1cccc(C(C)(C)C)n1. The van der Waals surface area contributed by atoms with Crippen molar-refractivity contribution in [3.05, 3.63) is 194 Å². The minimum Gasteiger partial charge on any atom is -0.448 e. The van der Waals surface area contributed by atoms with Crippen LogP contribution in [0.4, 0.5) is 17.6 Å². The van der Waals surface area contributed by atoms with Crippen molar-refractivity contribution in [1.29, 1.82) is 0 Å². The molecule has 8 aromatic rings. The van der Waals surface area contributed by atoms with Gasteiger partial charge in [0.05, 0.1) is 27.8 Å². The molecule has 0 radical (unpaired) electrons. The molecule has 0 aliphatic carbocycles. The molecule has 0 fully saturated rings. The van der Waals surface area contributed by atoms with Gasteiger partial charge in [0.15, 0.2) is 11.7 Å².